The predicted molar refractivity (Wildman–Crippen MR) is 109 cm³/mol. The molecule has 1 unspecified atom stereocenters. The monoisotopic (exact) mass is 397 g/mol. The molecule has 0 fully saturated rings. The second kappa shape index (κ2) is 7.91. The Labute approximate surface area is 168 Å². The van der Waals surface area contributed by atoms with Crippen molar-refractivity contribution in [2.24, 2.45) is 0 Å². The van der Waals surface area contributed by atoms with Crippen LogP contribution in [0.2, 0.25) is 0 Å². The van der Waals surface area contributed by atoms with Gasteiger partial charge in [0.15, 0.2) is 0 Å². The Hall–Kier alpha value is -2.79. The van der Waals surface area contributed by atoms with Gasteiger partial charge in [-0.2, -0.15) is 13.2 Å². The number of aliphatic hydroxyl groups is 1. The summed E-state index contributed by atoms with van der Waals surface area (Å²) in [6, 6.07) is 11.1. The minimum absolute atomic E-state index is 0.182. The molecule has 150 valence electrons. The van der Waals surface area contributed by atoms with Gasteiger partial charge < -0.3 is 10.0 Å². The van der Waals surface area contributed by atoms with Crippen LogP contribution in [0.5, 0.6) is 0 Å². The predicted octanol–water partition coefficient (Wildman–Crippen LogP) is 5.80. The van der Waals surface area contributed by atoms with Crippen LogP contribution in [0, 0.1) is 0 Å². The van der Waals surface area contributed by atoms with E-state index in [2.05, 4.69) is 12.2 Å². The van der Waals surface area contributed by atoms with Gasteiger partial charge >= 0.3 is 6.18 Å². The standard InChI is InChI=1S/C24H22F3NO/c25-24(26,27)22-9-5-4-8-21(22)19-11-10-17-12-13-28(15-20(17)14-19)16-23(29)18-6-2-1-3-7-18/h2,4-14,23,29H,1,3,15-16H2. The van der Waals surface area contributed by atoms with E-state index in [1.54, 1.807) is 12.1 Å². The zero-order valence-corrected chi connectivity index (χ0v) is 15.9. The van der Waals surface area contributed by atoms with Crippen molar-refractivity contribution < 1.29 is 18.3 Å². The smallest absolute Gasteiger partial charge is 0.387 e. The molecule has 0 saturated carbocycles. The van der Waals surface area contributed by atoms with E-state index in [4.69, 9.17) is 0 Å². The van der Waals surface area contributed by atoms with E-state index in [1.807, 2.05) is 35.4 Å². The number of rotatable bonds is 4. The minimum Gasteiger partial charge on any atom is -0.387 e. The van der Waals surface area contributed by atoms with Crippen molar-refractivity contribution in [2.45, 2.75) is 31.7 Å². The Balaban J connectivity index is 1.57. The first kappa shape index (κ1) is 19.5. The van der Waals surface area contributed by atoms with Crippen LogP contribution in [0.1, 0.15) is 29.5 Å². The van der Waals surface area contributed by atoms with Gasteiger partial charge in [0.05, 0.1) is 11.7 Å². The fourth-order valence-electron chi connectivity index (χ4n) is 3.85. The largest absolute Gasteiger partial charge is 0.417 e. The van der Waals surface area contributed by atoms with Crippen LogP contribution in [-0.2, 0) is 12.7 Å². The van der Waals surface area contributed by atoms with Gasteiger partial charge in [-0.25, -0.2) is 0 Å². The Bertz CT molecular complexity index is 988. The third kappa shape index (κ3) is 4.30. The normalized spacial score (nSPS) is 17.1. The van der Waals surface area contributed by atoms with Gasteiger partial charge in [-0.1, -0.05) is 48.6 Å². The van der Waals surface area contributed by atoms with Crippen LogP contribution in [-0.4, -0.2) is 22.7 Å². The van der Waals surface area contributed by atoms with Gasteiger partial charge in [0.1, 0.15) is 0 Å². The molecule has 4 rings (SSSR count). The number of nitrogens with zero attached hydrogens (tertiary/aromatic N) is 1. The highest BCUT2D eigenvalue weighted by Gasteiger charge is 2.33. The first-order valence-electron chi connectivity index (χ1n) is 9.68. The quantitative estimate of drug-likeness (QED) is 0.705. The summed E-state index contributed by atoms with van der Waals surface area (Å²) in [6.45, 7) is 0.984. The van der Waals surface area contributed by atoms with Gasteiger partial charge in [0.2, 0.25) is 0 Å². The fraction of sp³-hybridized carbons (Fsp3) is 0.250. The molecule has 2 nitrogen and oxygen atoms in total. The number of halogens is 3. The Morgan fingerprint density at radius 1 is 1.03 bits per heavy atom. The van der Waals surface area contributed by atoms with Gasteiger partial charge in [0.25, 0.3) is 0 Å². The van der Waals surface area contributed by atoms with Crippen molar-refractivity contribution in [2.75, 3.05) is 6.54 Å². The van der Waals surface area contributed by atoms with E-state index < -0.39 is 17.8 Å². The second-order valence-corrected chi connectivity index (χ2v) is 7.40. The summed E-state index contributed by atoms with van der Waals surface area (Å²) in [5, 5.41) is 10.5. The molecular weight excluding hydrogens is 375 g/mol. The van der Waals surface area contributed by atoms with Crippen molar-refractivity contribution in [1.82, 2.24) is 4.90 Å². The molecule has 29 heavy (non-hydrogen) atoms. The highest BCUT2D eigenvalue weighted by molar-refractivity contribution is 5.71. The van der Waals surface area contributed by atoms with Crippen LogP contribution in [0.3, 0.4) is 0 Å². The molecule has 0 saturated heterocycles. The van der Waals surface area contributed by atoms with E-state index in [0.717, 1.165) is 35.6 Å². The molecule has 2 aliphatic rings. The molecule has 2 aromatic carbocycles. The molecule has 0 radical (unpaired) electrons. The lowest BCUT2D eigenvalue weighted by atomic mass is 9.94. The van der Waals surface area contributed by atoms with E-state index in [9.17, 15) is 18.3 Å². The summed E-state index contributed by atoms with van der Waals surface area (Å²) in [5.41, 5.74) is 2.95. The molecule has 1 atom stereocenters. The summed E-state index contributed by atoms with van der Waals surface area (Å²) in [4.78, 5) is 2.00. The summed E-state index contributed by atoms with van der Waals surface area (Å²) >= 11 is 0. The fourth-order valence-corrected chi connectivity index (χ4v) is 3.85. The molecular formula is C24H22F3NO. The molecule has 0 aromatic heterocycles. The lowest BCUT2D eigenvalue weighted by Crippen LogP contribution is -2.30. The van der Waals surface area contributed by atoms with Gasteiger partial charge in [0, 0.05) is 19.3 Å². The highest BCUT2D eigenvalue weighted by atomic mass is 19.4. The second-order valence-electron chi connectivity index (χ2n) is 7.40. The number of allylic oxidation sites excluding steroid dienone is 2. The SMILES string of the molecule is OC(CN1C=Cc2ccc(-c3ccccc3C(F)(F)F)cc2C1)C1=CCCC=C1. The highest BCUT2D eigenvalue weighted by Crippen LogP contribution is 2.38. The number of fused-ring (bicyclic) bond motifs is 1. The zero-order valence-electron chi connectivity index (χ0n) is 15.9. The molecule has 0 bridgehead atoms. The molecule has 1 aliphatic carbocycles. The van der Waals surface area contributed by atoms with Crippen LogP contribution in [0.25, 0.3) is 17.2 Å². The van der Waals surface area contributed by atoms with Crippen LogP contribution in [0.15, 0.2) is 72.5 Å². The Kier molecular flexibility index (Phi) is 5.33. The molecule has 5 heteroatoms. The first-order chi connectivity index (χ1) is 13.9. The number of hydrogen-bond donors (Lipinski definition) is 1. The Morgan fingerprint density at radius 3 is 2.62 bits per heavy atom. The molecule has 0 amide bonds. The number of benzene rings is 2. The maximum atomic E-state index is 13.4. The number of β-amino-alcohol motifs (C(OH)–C–C–N with tert-alkyl or cyclic N) is 1. The van der Waals surface area contributed by atoms with Crippen LogP contribution < -0.4 is 0 Å². The average molecular weight is 397 g/mol. The Morgan fingerprint density at radius 2 is 1.86 bits per heavy atom. The van der Waals surface area contributed by atoms with Crippen molar-refractivity contribution in [3.63, 3.8) is 0 Å². The third-order valence-corrected chi connectivity index (χ3v) is 5.34. The summed E-state index contributed by atoms with van der Waals surface area (Å²) in [7, 11) is 0. The lowest BCUT2D eigenvalue weighted by molar-refractivity contribution is -0.137. The van der Waals surface area contributed by atoms with Gasteiger partial charge in [-0.05, 0) is 58.9 Å². The van der Waals surface area contributed by atoms with Crippen molar-refractivity contribution in [3.8, 4) is 11.1 Å². The molecule has 1 N–H and O–H groups in total. The molecule has 1 heterocycles. The topological polar surface area (TPSA) is 23.5 Å². The van der Waals surface area contributed by atoms with Crippen LogP contribution in [0.4, 0.5) is 13.2 Å². The summed E-state index contributed by atoms with van der Waals surface area (Å²) < 4.78 is 40.2. The third-order valence-electron chi connectivity index (χ3n) is 5.34. The van der Waals surface area contributed by atoms with E-state index >= 15 is 0 Å². The van der Waals surface area contributed by atoms with E-state index in [1.165, 1.54) is 12.1 Å². The maximum Gasteiger partial charge on any atom is 0.417 e. The first-order valence-corrected chi connectivity index (χ1v) is 9.68. The average Bonchev–Trinajstić information content (AvgIpc) is 2.73. The van der Waals surface area contributed by atoms with Crippen LogP contribution >= 0.6 is 0 Å². The van der Waals surface area contributed by atoms with Gasteiger partial charge in [-0.3, -0.25) is 0 Å². The van der Waals surface area contributed by atoms with Crippen molar-refractivity contribution >= 4 is 6.08 Å². The minimum atomic E-state index is -4.40. The van der Waals surface area contributed by atoms with E-state index in [0.29, 0.717) is 18.7 Å². The zero-order chi connectivity index (χ0) is 20.4. The lowest BCUT2D eigenvalue weighted by Gasteiger charge is -2.29. The van der Waals surface area contributed by atoms with Crippen molar-refractivity contribution in [1.29, 1.82) is 0 Å². The number of aliphatic hydroxyl groups excluding tert-OH is 1. The number of alkyl halides is 3. The summed E-state index contributed by atoms with van der Waals surface area (Å²) in [5.74, 6) is 0. The molecule has 1 aliphatic heterocycles. The van der Waals surface area contributed by atoms with Gasteiger partial charge in [-0.15, -0.1) is 0 Å². The van der Waals surface area contributed by atoms with Crippen molar-refractivity contribution in [3.05, 3.63) is 89.2 Å². The summed E-state index contributed by atoms with van der Waals surface area (Å²) in [6.07, 6.45) is 6.89. The molecule has 2 aromatic rings. The number of hydrogen-bond acceptors (Lipinski definition) is 2. The van der Waals surface area contributed by atoms with E-state index in [-0.39, 0.29) is 5.56 Å². The molecule has 0 spiro atoms. The maximum absolute atomic E-state index is 13.4.